The van der Waals surface area contributed by atoms with Crippen LogP contribution in [0.4, 0.5) is 18.9 Å². The second kappa shape index (κ2) is 7.59. The number of aromatic nitrogens is 3. The molecule has 0 aliphatic carbocycles. The summed E-state index contributed by atoms with van der Waals surface area (Å²) in [5, 5.41) is 13.9. The van der Waals surface area contributed by atoms with Crippen LogP contribution < -0.4 is 10.4 Å². The van der Waals surface area contributed by atoms with Crippen molar-refractivity contribution in [1.82, 2.24) is 20.2 Å². The fourth-order valence-electron chi connectivity index (χ4n) is 2.68. The van der Waals surface area contributed by atoms with Gasteiger partial charge in [0.05, 0.1) is 11.3 Å². The highest BCUT2D eigenvalue weighted by atomic mass is 19.4. The van der Waals surface area contributed by atoms with Gasteiger partial charge >= 0.3 is 6.18 Å². The molecular weight excluding hydrogens is 373 g/mol. The smallest absolute Gasteiger partial charge is 0.271 e. The van der Waals surface area contributed by atoms with Gasteiger partial charge in [0.1, 0.15) is 18.9 Å². The van der Waals surface area contributed by atoms with Gasteiger partial charge in [0.2, 0.25) is 0 Å². The number of hydrogen-bond donors (Lipinski definition) is 1. The summed E-state index contributed by atoms with van der Waals surface area (Å²) in [5.41, 5.74) is 2.65. The van der Waals surface area contributed by atoms with Gasteiger partial charge in [-0.2, -0.15) is 18.4 Å². The molecule has 1 amide bonds. The Labute approximate surface area is 160 Å². The Morgan fingerprint density at radius 3 is 2.25 bits per heavy atom. The monoisotopic (exact) mass is 394 g/mol. The lowest BCUT2D eigenvalue weighted by Gasteiger charge is -2.34. The van der Waals surface area contributed by atoms with Crippen LogP contribution in [0.2, 0.25) is 0 Å². The zero-order chi connectivity index (χ0) is 21.3. The predicted molar refractivity (Wildman–Crippen MR) is 96.0 cm³/mol. The van der Waals surface area contributed by atoms with Crippen LogP contribution in [0.3, 0.4) is 0 Å². The number of anilines is 1. The van der Waals surface area contributed by atoms with Gasteiger partial charge in [0.15, 0.2) is 0 Å². The number of halogens is 3. The number of benzene rings is 1. The minimum Gasteiger partial charge on any atom is -0.271 e. The second-order valence-electron chi connectivity index (χ2n) is 7.42. The fourth-order valence-corrected chi connectivity index (χ4v) is 2.68. The number of aryl methyl sites for hydroxylation is 2. The summed E-state index contributed by atoms with van der Waals surface area (Å²) in [6.07, 6.45) is -3.23. The van der Waals surface area contributed by atoms with E-state index in [1.165, 1.54) is 29.9 Å². The molecule has 28 heavy (non-hydrogen) atoms. The van der Waals surface area contributed by atoms with Crippen molar-refractivity contribution < 1.29 is 18.0 Å². The van der Waals surface area contributed by atoms with Gasteiger partial charge in [0.25, 0.3) is 11.7 Å². The molecular formula is C18H21F3N6O. The molecule has 2 rings (SSSR count). The van der Waals surface area contributed by atoms with E-state index in [0.717, 1.165) is 12.1 Å². The number of hydrogen-bond acceptors (Lipinski definition) is 5. The van der Waals surface area contributed by atoms with Crippen LogP contribution in [0.15, 0.2) is 18.5 Å². The lowest BCUT2D eigenvalue weighted by molar-refractivity contribution is -0.137. The predicted octanol–water partition coefficient (Wildman–Crippen LogP) is 3.12. The number of carbonyl (C=O) groups excluding carboxylic acids is 1. The SMILES string of the molecule is Cc1cc(C(F)(F)F)cc(C)c1N(NC(C)(C)C)C(=O)Cn1cnc(C#N)n1. The Hall–Kier alpha value is -2.93. The highest BCUT2D eigenvalue weighted by Crippen LogP contribution is 2.35. The van der Waals surface area contributed by atoms with Gasteiger partial charge in [-0.1, -0.05) is 0 Å². The molecule has 0 fully saturated rings. The summed E-state index contributed by atoms with van der Waals surface area (Å²) in [5.74, 6) is -0.541. The third-order valence-corrected chi connectivity index (χ3v) is 3.67. The van der Waals surface area contributed by atoms with Crippen LogP contribution in [0.5, 0.6) is 0 Å². The summed E-state index contributed by atoms with van der Waals surface area (Å²) in [7, 11) is 0. The Morgan fingerprint density at radius 1 is 1.25 bits per heavy atom. The molecule has 0 bridgehead atoms. The van der Waals surface area contributed by atoms with Crippen LogP contribution in [0.25, 0.3) is 0 Å². The second-order valence-corrected chi connectivity index (χ2v) is 7.42. The molecule has 0 saturated carbocycles. The van der Waals surface area contributed by atoms with E-state index in [2.05, 4.69) is 15.5 Å². The summed E-state index contributed by atoms with van der Waals surface area (Å²) < 4.78 is 40.5. The van der Waals surface area contributed by atoms with Crippen molar-refractivity contribution in [2.75, 3.05) is 5.01 Å². The average Bonchev–Trinajstić information content (AvgIpc) is 2.98. The summed E-state index contributed by atoms with van der Waals surface area (Å²) in [4.78, 5) is 16.7. The molecule has 1 heterocycles. The van der Waals surface area contributed by atoms with Crippen molar-refractivity contribution in [1.29, 1.82) is 5.26 Å². The molecule has 1 aromatic heterocycles. The van der Waals surface area contributed by atoms with E-state index in [-0.39, 0.29) is 12.4 Å². The third kappa shape index (κ3) is 5.07. The highest BCUT2D eigenvalue weighted by molar-refractivity contribution is 5.94. The minimum atomic E-state index is -4.48. The van der Waals surface area contributed by atoms with Gasteiger partial charge in [-0.3, -0.25) is 4.79 Å². The first-order valence-corrected chi connectivity index (χ1v) is 8.40. The first-order chi connectivity index (χ1) is 12.8. The molecule has 0 spiro atoms. The number of amides is 1. The largest absolute Gasteiger partial charge is 0.416 e. The number of nitrogens with one attached hydrogen (secondary N) is 1. The maximum absolute atomic E-state index is 13.1. The molecule has 0 radical (unpaired) electrons. The number of hydrazine groups is 1. The van der Waals surface area contributed by atoms with Crippen molar-refractivity contribution >= 4 is 11.6 Å². The zero-order valence-electron chi connectivity index (χ0n) is 16.2. The van der Waals surface area contributed by atoms with Crippen molar-refractivity contribution in [3.05, 3.63) is 41.0 Å². The lowest BCUT2D eigenvalue weighted by atomic mass is 10.0. The molecule has 7 nitrogen and oxygen atoms in total. The minimum absolute atomic E-state index is 0.0787. The Bertz CT molecular complexity index is 898. The molecule has 1 aromatic carbocycles. The number of nitrogens with zero attached hydrogens (tertiary/aromatic N) is 5. The number of carbonyl (C=O) groups is 1. The van der Waals surface area contributed by atoms with E-state index in [1.54, 1.807) is 6.07 Å². The van der Waals surface area contributed by atoms with Crippen molar-refractivity contribution in [2.24, 2.45) is 0 Å². The molecule has 1 N–H and O–H groups in total. The lowest BCUT2D eigenvalue weighted by Crippen LogP contribution is -2.54. The Balaban J connectivity index is 2.46. The summed E-state index contributed by atoms with van der Waals surface area (Å²) >= 11 is 0. The van der Waals surface area contributed by atoms with Gasteiger partial charge in [-0.25, -0.2) is 20.1 Å². The van der Waals surface area contributed by atoms with Gasteiger partial charge in [-0.15, -0.1) is 5.10 Å². The number of alkyl halides is 3. The maximum atomic E-state index is 13.1. The molecule has 0 aliphatic rings. The molecule has 2 aromatic rings. The third-order valence-electron chi connectivity index (χ3n) is 3.67. The first-order valence-electron chi connectivity index (χ1n) is 8.40. The van der Waals surface area contributed by atoms with E-state index in [1.807, 2.05) is 20.8 Å². The van der Waals surface area contributed by atoms with E-state index < -0.39 is 23.2 Å². The van der Waals surface area contributed by atoms with E-state index in [4.69, 9.17) is 5.26 Å². The summed E-state index contributed by atoms with van der Waals surface area (Å²) in [6, 6.07) is 3.79. The van der Waals surface area contributed by atoms with Crippen LogP contribution in [0.1, 0.15) is 43.3 Å². The van der Waals surface area contributed by atoms with E-state index in [0.29, 0.717) is 16.8 Å². The zero-order valence-corrected chi connectivity index (χ0v) is 16.2. The van der Waals surface area contributed by atoms with Gasteiger partial charge in [-0.05, 0) is 57.9 Å². The van der Waals surface area contributed by atoms with E-state index in [9.17, 15) is 18.0 Å². The number of rotatable bonds is 4. The van der Waals surface area contributed by atoms with Gasteiger partial charge in [0, 0.05) is 5.54 Å². The average molecular weight is 394 g/mol. The van der Waals surface area contributed by atoms with E-state index >= 15 is 0 Å². The Kier molecular flexibility index (Phi) is 5.80. The van der Waals surface area contributed by atoms with Gasteiger partial charge < -0.3 is 0 Å². The molecule has 0 saturated heterocycles. The highest BCUT2D eigenvalue weighted by Gasteiger charge is 2.33. The topological polar surface area (TPSA) is 86.8 Å². The maximum Gasteiger partial charge on any atom is 0.416 e. The quantitative estimate of drug-likeness (QED) is 0.805. The Morgan fingerprint density at radius 2 is 1.82 bits per heavy atom. The molecule has 0 aliphatic heterocycles. The molecule has 0 atom stereocenters. The molecule has 0 unspecified atom stereocenters. The van der Waals surface area contributed by atoms with Crippen molar-refractivity contribution in [3.63, 3.8) is 0 Å². The van der Waals surface area contributed by atoms with Crippen LogP contribution in [-0.2, 0) is 17.5 Å². The standard InChI is InChI=1S/C18H21F3N6O/c1-11-6-13(18(19,20)21)7-12(2)16(11)27(25-17(3,4)5)15(28)9-26-10-23-14(8-22)24-26/h6-7,10,25H,9H2,1-5H3. The van der Waals surface area contributed by atoms with Crippen molar-refractivity contribution in [3.8, 4) is 6.07 Å². The van der Waals surface area contributed by atoms with Crippen molar-refractivity contribution in [2.45, 2.75) is 52.9 Å². The molecule has 10 heteroatoms. The summed E-state index contributed by atoms with van der Waals surface area (Å²) in [6.45, 7) is 8.27. The van der Waals surface area contributed by atoms with Crippen LogP contribution in [0, 0.1) is 25.2 Å². The normalized spacial score (nSPS) is 12.0. The number of nitriles is 1. The fraction of sp³-hybridized carbons (Fsp3) is 0.444. The van der Waals surface area contributed by atoms with Crippen LogP contribution in [-0.4, -0.2) is 26.2 Å². The van der Waals surface area contributed by atoms with Crippen LogP contribution >= 0.6 is 0 Å². The first kappa shape index (κ1) is 21.4. The molecule has 150 valence electrons.